The third-order valence-electron chi connectivity index (χ3n) is 2.83. The number of benzene rings is 2. The Morgan fingerprint density at radius 3 is 2.00 bits per heavy atom. The Morgan fingerprint density at radius 1 is 0.941 bits per heavy atom. The van der Waals surface area contributed by atoms with Gasteiger partial charge in [0.25, 0.3) is 0 Å². The highest BCUT2D eigenvalue weighted by atomic mass is 16.1. The molecule has 0 aromatic heterocycles. The maximum atomic E-state index is 11.5. The van der Waals surface area contributed by atoms with Crippen LogP contribution in [0, 0.1) is 0 Å². The van der Waals surface area contributed by atoms with Gasteiger partial charge in [0.15, 0.2) is 0 Å². The van der Waals surface area contributed by atoms with Gasteiger partial charge in [0.05, 0.1) is 5.92 Å². The van der Waals surface area contributed by atoms with E-state index >= 15 is 0 Å². The van der Waals surface area contributed by atoms with E-state index in [1.165, 1.54) is 0 Å². The van der Waals surface area contributed by atoms with E-state index in [1.54, 1.807) is 0 Å². The molecule has 0 aliphatic heterocycles. The van der Waals surface area contributed by atoms with Gasteiger partial charge < -0.3 is 5.73 Å². The number of rotatable bonds is 4. The Bertz CT molecular complexity index is 479. The first kappa shape index (κ1) is 11.4. The summed E-state index contributed by atoms with van der Waals surface area (Å²) in [6, 6.07) is 19.6. The summed E-state index contributed by atoms with van der Waals surface area (Å²) < 4.78 is 0. The van der Waals surface area contributed by atoms with Gasteiger partial charge in [-0.25, -0.2) is 0 Å². The molecular weight excluding hydrogens is 210 g/mol. The first-order valence-corrected chi connectivity index (χ1v) is 5.65. The van der Waals surface area contributed by atoms with Crippen molar-refractivity contribution < 1.29 is 4.79 Å². The zero-order valence-electron chi connectivity index (χ0n) is 9.54. The van der Waals surface area contributed by atoms with Gasteiger partial charge in [-0.15, -0.1) is 0 Å². The molecule has 0 saturated heterocycles. The minimum atomic E-state index is -0.278. The second-order valence-electron chi connectivity index (χ2n) is 4.06. The molecule has 0 saturated carbocycles. The maximum absolute atomic E-state index is 11.5. The summed E-state index contributed by atoms with van der Waals surface area (Å²) in [7, 11) is 0. The van der Waals surface area contributed by atoms with Crippen LogP contribution in [-0.2, 0) is 11.2 Å². The lowest BCUT2D eigenvalue weighted by Crippen LogP contribution is -2.23. The normalized spacial score (nSPS) is 12.0. The van der Waals surface area contributed by atoms with Crippen molar-refractivity contribution in [1.29, 1.82) is 0 Å². The van der Waals surface area contributed by atoms with Crippen LogP contribution in [0.5, 0.6) is 0 Å². The topological polar surface area (TPSA) is 43.1 Å². The van der Waals surface area contributed by atoms with Crippen LogP contribution in [0.2, 0.25) is 0 Å². The average molecular weight is 225 g/mol. The molecule has 2 N–H and O–H groups in total. The minimum absolute atomic E-state index is 0.251. The zero-order chi connectivity index (χ0) is 12.1. The lowest BCUT2D eigenvalue weighted by atomic mass is 9.91. The van der Waals surface area contributed by atoms with Gasteiger partial charge in [-0.2, -0.15) is 0 Å². The quantitative estimate of drug-likeness (QED) is 0.853. The zero-order valence-corrected chi connectivity index (χ0v) is 9.54. The molecule has 1 amide bonds. The Balaban J connectivity index is 2.23. The van der Waals surface area contributed by atoms with Crippen LogP contribution >= 0.6 is 0 Å². The highest BCUT2D eigenvalue weighted by Crippen LogP contribution is 2.20. The summed E-state index contributed by atoms with van der Waals surface area (Å²) in [5.41, 5.74) is 7.58. The van der Waals surface area contributed by atoms with E-state index in [4.69, 9.17) is 5.73 Å². The Labute approximate surface area is 101 Å². The fraction of sp³-hybridized carbons (Fsp3) is 0.133. The Kier molecular flexibility index (Phi) is 3.55. The van der Waals surface area contributed by atoms with Crippen molar-refractivity contribution in [1.82, 2.24) is 0 Å². The molecule has 2 aromatic rings. The number of primary amides is 1. The van der Waals surface area contributed by atoms with E-state index < -0.39 is 0 Å². The van der Waals surface area contributed by atoms with Crippen LogP contribution < -0.4 is 5.73 Å². The molecule has 17 heavy (non-hydrogen) atoms. The number of nitrogens with two attached hydrogens (primary N) is 1. The van der Waals surface area contributed by atoms with E-state index in [0.29, 0.717) is 6.42 Å². The molecule has 0 fully saturated rings. The third kappa shape index (κ3) is 2.94. The molecule has 2 aromatic carbocycles. The van der Waals surface area contributed by atoms with Crippen molar-refractivity contribution in [3.8, 4) is 0 Å². The molecule has 0 spiro atoms. The van der Waals surface area contributed by atoms with Crippen LogP contribution in [0.3, 0.4) is 0 Å². The first-order valence-electron chi connectivity index (χ1n) is 5.65. The van der Waals surface area contributed by atoms with Crippen LogP contribution in [0.1, 0.15) is 17.0 Å². The molecule has 86 valence electrons. The SMILES string of the molecule is NC(=O)[C@H](Cc1ccccc1)c1ccccc1. The predicted molar refractivity (Wildman–Crippen MR) is 68.5 cm³/mol. The van der Waals surface area contributed by atoms with Crippen molar-refractivity contribution in [3.63, 3.8) is 0 Å². The summed E-state index contributed by atoms with van der Waals surface area (Å²) >= 11 is 0. The van der Waals surface area contributed by atoms with E-state index in [-0.39, 0.29) is 11.8 Å². The number of hydrogen-bond donors (Lipinski definition) is 1. The molecule has 2 rings (SSSR count). The second kappa shape index (κ2) is 5.30. The molecule has 0 aliphatic rings. The fourth-order valence-electron chi connectivity index (χ4n) is 1.92. The number of amides is 1. The van der Waals surface area contributed by atoms with Gasteiger partial charge in [-0.1, -0.05) is 60.7 Å². The summed E-state index contributed by atoms with van der Waals surface area (Å²) in [4.78, 5) is 11.5. The smallest absolute Gasteiger partial charge is 0.225 e. The van der Waals surface area contributed by atoms with Crippen LogP contribution in [0.25, 0.3) is 0 Å². The summed E-state index contributed by atoms with van der Waals surface area (Å²) in [5, 5.41) is 0. The van der Waals surface area contributed by atoms with Gasteiger partial charge in [-0.3, -0.25) is 4.79 Å². The van der Waals surface area contributed by atoms with Crippen molar-refractivity contribution >= 4 is 5.91 Å². The lowest BCUT2D eigenvalue weighted by molar-refractivity contribution is -0.119. The minimum Gasteiger partial charge on any atom is -0.369 e. The molecule has 0 bridgehead atoms. The highest BCUT2D eigenvalue weighted by Gasteiger charge is 2.17. The molecule has 2 heteroatoms. The predicted octanol–water partition coefficient (Wildman–Crippen LogP) is 2.50. The number of carbonyl (C=O) groups is 1. The fourth-order valence-corrected chi connectivity index (χ4v) is 1.92. The molecule has 0 radical (unpaired) electrons. The van der Waals surface area contributed by atoms with Crippen molar-refractivity contribution in [2.45, 2.75) is 12.3 Å². The standard InChI is InChI=1S/C15H15NO/c16-15(17)14(13-9-5-2-6-10-13)11-12-7-3-1-4-8-12/h1-10,14H,11H2,(H2,16,17)/t14-/m1/s1. The van der Waals surface area contributed by atoms with E-state index in [0.717, 1.165) is 11.1 Å². The summed E-state index contributed by atoms with van der Waals surface area (Å²) in [6.07, 6.45) is 0.653. The molecule has 2 nitrogen and oxygen atoms in total. The van der Waals surface area contributed by atoms with Crippen LogP contribution in [-0.4, -0.2) is 5.91 Å². The molecule has 0 aliphatic carbocycles. The second-order valence-corrected chi connectivity index (χ2v) is 4.06. The Morgan fingerprint density at radius 2 is 1.47 bits per heavy atom. The highest BCUT2D eigenvalue weighted by molar-refractivity contribution is 5.82. The van der Waals surface area contributed by atoms with Crippen LogP contribution in [0.4, 0.5) is 0 Å². The average Bonchev–Trinajstić information content (AvgIpc) is 2.38. The largest absolute Gasteiger partial charge is 0.369 e. The summed E-state index contributed by atoms with van der Waals surface area (Å²) in [6.45, 7) is 0. The van der Waals surface area contributed by atoms with Gasteiger partial charge in [0.1, 0.15) is 0 Å². The lowest BCUT2D eigenvalue weighted by Gasteiger charge is -2.13. The number of hydrogen-bond acceptors (Lipinski definition) is 1. The van der Waals surface area contributed by atoms with E-state index in [2.05, 4.69) is 0 Å². The van der Waals surface area contributed by atoms with Crippen molar-refractivity contribution in [2.24, 2.45) is 5.73 Å². The maximum Gasteiger partial charge on any atom is 0.225 e. The van der Waals surface area contributed by atoms with Crippen LogP contribution in [0.15, 0.2) is 60.7 Å². The molecule has 1 atom stereocenters. The molecule has 0 unspecified atom stereocenters. The Hall–Kier alpha value is -2.09. The first-order chi connectivity index (χ1) is 8.27. The van der Waals surface area contributed by atoms with Gasteiger partial charge in [0, 0.05) is 0 Å². The van der Waals surface area contributed by atoms with Gasteiger partial charge in [-0.05, 0) is 17.5 Å². The van der Waals surface area contributed by atoms with E-state index in [9.17, 15) is 4.79 Å². The monoisotopic (exact) mass is 225 g/mol. The number of carbonyl (C=O) groups excluding carboxylic acids is 1. The summed E-state index contributed by atoms with van der Waals surface area (Å²) in [5.74, 6) is -0.529. The van der Waals surface area contributed by atoms with Crippen molar-refractivity contribution in [2.75, 3.05) is 0 Å². The molecular formula is C15H15NO. The third-order valence-corrected chi connectivity index (χ3v) is 2.83. The van der Waals surface area contributed by atoms with Crippen molar-refractivity contribution in [3.05, 3.63) is 71.8 Å². The van der Waals surface area contributed by atoms with E-state index in [1.807, 2.05) is 60.7 Å². The van der Waals surface area contributed by atoms with Gasteiger partial charge in [0.2, 0.25) is 5.91 Å². The molecule has 0 heterocycles. The van der Waals surface area contributed by atoms with Gasteiger partial charge >= 0.3 is 0 Å².